The van der Waals surface area contributed by atoms with Crippen molar-refractivity contribution in [1.82, 2.24) is 10.2 Å². The molecule has 44 heavy (non-hydrogen) atoms. The Hall–Kier alpha value is -4.70. The first kappa shape index (κ1) is 32.2. The Kier molecular flexibility index (Phi) is 11.1. The van der Waals surface area contributed by atoms with Crippen LogP contribution in [0.5, 0.6) is 5.75 Å². The number of halogens is 1. The first-order valence-electron chi connectivity index (χ1n) is 14.3. The van der Waals surface area contributed by atoms with Crippen LogP contribution in [0.3, 0.4) is 0 Å². The molecular weight excluding hydrogens is 581 g/mol. The molecule has 0 bridgehead atoms. The van der Waals surface area contributed by atoms with Gasteiger partial charge in [-0.2, -0.15) is 0 Å². The summed E-state index contributed by atoms with van der Waals surface area (Å²) in [5.41, 5.74) is 1.79. The first-order valence-corrected chi connectivity index (χ1v) is 15.7. The Bertz CT molecular complexity index is 1630. The minimum absolute atomic E-state index is 0.0201. The molecule has 0 saturated heterocycles. The highest BCUT2D eigenvalue weighted by atomic mass is 32.2. The molecule has 0 aliphatic heterocycles. The average Bonchev–Trinajstić information content (AvgIpc) is 3.05. The van der Waals surface area contributed by atoms with Crippen LogP contribution >= 0.6 is 0 Å². The minimum Gasteiger partial charge on any atom is -0.497 e. The van der Waals surface area contributed by atoms with Gasteiger partial charge in [-0.15, -0.1) is 0 Å². The zero-order valence-corrected chi connectivity index (χ0v) is 25.5. The molecule has 0 aliphatic rings. The number of benzene rings is 4. The van der Waals surface area contributed by atoms with Gasteiger partial charge < -0.3 is 15.0 Å². The number of methoxy groups -OCH3 is 1. The smallest absolute Gasteiger partial charge is 0.264 e. The van der Waals surface area contributed by atoms with Crippen LogP contribution in [0.1, 0.15) is 24.5 Å². The molecule has 10 heteroatoms. The Labute approximate surface area is 258 Å². The molecule has 0 saturated carbocycles. The number of rotatable bonds is 14. The number of hydrogen-bond acceptors (Lipinski definition) is 5. The number of sulfonamides is 1. The number of ether oxygens (including phenoxy) is 1. The third kappa shape index (κ3) is 8.23. The maximum Gasteiger partial charge on any atom is 0.264 e. The number of nitrogens with zero attached hydrogens (tertiary/aromatic N) is 2. The van der Waals surface area contributed by atoms with Gasteiger partial charge in [0.2, 0.25) is 11.8 Å². The van der Waals surface area contributed by atoms with Crippen molar-refractivity contribution in [2.24, 2.45) is 0 Å². The summed E-state index contributed by atoms with van der Waals surface area (Å²) in [6, 6.07) is 28.2. The molecule has 2 amide bonds. The monoisotopic (exact) mass is 617 g/mol. The highest BCUT2D eigenvalue weighted by Gasteiger charge is 2.34. The summed E-state index contributed by atoms with van der Waals surface area (Å²) in [5.74, 6) is -0.943. The molecule has 0 aromatic heterocycles. The fourth-order valence-corrected chi connectivity index (χ4v) is 6.16. The van der Waals surface area contributed by atoms with Crippen LogP contribution in [0.15, 0.2) is 114 Å². The highest BCUT2D eigenvalue weighted by Crippen LogP contribution is 2.25. The molecule has 0 radical (unpaired) electrons. The fraction of sp³-hybridized carbons (Fsp3) is 0.235. The van der Waals surface area contributed by atoms with Crippen molar-refractivity contribution in [3.05, 3.63) is 126 Å². The van der Waals surface area contributed by atoms with Crippen LogP contribution in [-0.2, 0) is 32.6 Å². The highest BCUT2D eigenvalue weighted by molar-refractivity contribution is 7.92. The Morgan fingerprint density at radius 2 is 1.50 bits per heavy atom. The van der Waals surface area contributed by atoms with Gasteiger partial charge >= 0.3 is 0 Å². The van der Waals surface area contributed by atoms with Gasteiger partial charge in [0.05, 0.1) is 17.7 Å². The molecule has 8 nitrogen and oxygen atoms in total. The van der Waals surface area contributed by atoms with E-state index < -0.39 is 34.3 Å². The molecule has 230 valence electrons. The van der Waals surface area contributed by atoms with Gasteiger partial charge in [-0.25, -0.2) is 12.8 Å². The van der Waals surface area contributed by atoms with Crippen LogP contribution in [0.25, 0.3) is 0 Å². The summed E-state index contributed by atoms with van der Waals surface area (Å²) in [4.78, 5) is 29.3. The quantitative estimate of drug-likeness (QED) is 0.210. The molecule has 0 unspecified atom stereocenters. The van der Waals surface area contributed by atoms with Crippen LogP contribution in [0, 0.1) is 5.82 Å². The molecule has 0 heterocycles. The van der Waals surface area contributed by atoms with Gasteiger partial charge in [-0.1, -0.05) is 67.6 Å². The summed E-state index contributed by atoms with van der Waals surface area (Å²) in [6.45, 7) is 1.77. The van der Waals surface area contributed by atoms with E-state index in [1.165, 1.54) is 12.0 Å². The molecule has 0 fully saturated rings. The van der Waals surface area contributed by atoms with Gasteiger partial charge in [0.1, 0.15) is 24.2 Å². The van der Waals surface area contributed by atoms with E-state index in [0.717, 1.165) is 34.1 Å². The molecule has 4 aromatic rings. The number of hydrogen-bond donors (Lipinski definition) is 1. The second-order valence-electron chi connectivity index (χ2n) is 10.2. The summed E-state index contributed by atoms with van der Waals surface area (Å²) >= 11 is 0. The maximum atomic E-state index is 14.4. The predicted octanol–water partition coefficient (Wildman–Crippen LogP) is 5.20. The molecule has 0 aliphatic carbocycles. The molecule has 4 aromatic carbocycles. The molecular formula is C34H36FN3O5S. The standard InChI is InChI=1S/C34H36FN3O5S/c1-3-21-36-34(40)32(23-26-11-6-4-7-12-26)37(24-27-13-10-16-30(22-27)43-2)33(39)25-38(29-14-8-5-9-15-29)44(41,42)31-19-17-28(35)18-20-31/h4-20,22,32H,3,21,23-25H2,1-2H3,(H,36,40)/t32-/m1/s1. The van der Waals surface area contributed by atoms with Gasteiger partial charge in [-0.3, -0.25) is 13.9 Å². The van der Waals surface area contributed by atoms with Crippen molar-refractivity contribution in [2.75, 3.05) is 24.5 Å². The van der Waals surface area contributed by atoms with Gasteiger partial charge in [0.25, 0.3) is 10.0 Å². The zero-order valence-electron chi connectivity index (χ0n) is 24.7. The van der Waals surface area contributed by atoms with Crippen molar-refractivity contribution < 1.29 is 27.1 Å². The Morgan fingerprint density at radius 1 is 0.864 bits per heavy atom. The molecule has 0 spiro atoms. The summed E-state index contributed by atoms with van der Waals surface area (Å²) in [6.07, 6.45) is 0.910. The lowest BCUT2D eigenvalue weighted by Gasteiger charge is -2.34. The van der Waals surface area contributed by atoms with E-state index in [1.807, 2.05) is 43.3 Å². The number of amides is 2. The third-order valence-corrected chi connectivity index (χ3v) is 8.82. The average molecular weight is 618 g/mol. The number of carbonyl (C=O) groups excluding carboxylic acids is 2. The van der Waals surface area contributed by atoms with E-state index in [-0.39, 0.29) is 29.5 Å². The Balaban J connectivity index is 1.78. The van der Waals surface area contributed by atoms with E-state index in [4.69, 9.17) is 4.74 Å². The fourth-order valence-electron chi connectivity index (χ4n) is 4.74. The lowest BCUT2D eigenvalue weighted by molar-refractivity contribution is -0.140. The minimum atomic E-state index is -4.30. The van der Waals surface area contributed by atoms with Crippen LogP contribution in [0.4, 0.5) is 10.1 Å². The van der Waals surface area contributed by atoms with E-state index in [9.17, 15) is 22.4 Å². The van der Waals surface area contributed by atoms with Crippen molar-refractivity contribution in [3.63, 3.8) is 0 Å². The van der Waals surface area contributed by atoms with Crippen LogP contribution in [0.2, 0.25) is 0 Å². The third-order valence-electron chi connectivity index (χ3n) is 7.03. The normalized spacial score (nSPS) is 11.8. The molecule has 1 N–H and O–H groups in total. The lowest BCUT2D eigenvalue weighted by atomic mass is 10.0. The Morgan fingerprint density at radius 3 is 2.14 bits per heavy atom. The maximum absolute atomic E-state index is 14.4. The number of nitrogens with one attached hydrogen (secondary N) is 1. The van der Waals surface area contributed by atoms with E-state index in [0.29, 0.717) is 24.3 Å². The summed E-state index contributed by atoms with van der Waals surface area (Å²) in [7, 11) is -2.77. The SMILES string of the molecule is CCCNC(=O)[C@@H](Cc1ccccc1)N(Cc1cccc(OC)c1)C(=O)CN(c1ccccc1)S(=O)(=O)c1ccc(F)cc1. The predicted molar refractivity (Wildman–Crippen MR) is 168 cm³/mol. The van der Waals surface area contributed by atoms with Crippen molar-refractivity contribution in [3.8, 4) is 5.75 Å². The van der Waals surface area contributed by atoms with E-state index in [2.05, 4.69) is 5.32 Å². The molecule has 4 rings (SSSR count). The second kappa shape index (κ2) is 15.2. The van der Waals surface area contributed by atoms with E-state index >= 15 is 0 Å². The van der Waals surface area contributed by atoms with E-state index in [1.54, 1.807) is 48.5 Å². The second-order valence-corrected chi connectivity index (χ2v) is 12.0. The van der Waals surface area contributed by atoms with Crippen molar-refractivity contribution >= 4 is 27.5 Å². The zero-order chi connectivity index (χ0) is 31.5. The number of para-hydroxylation sites is 1. The summed E-state index contributed by atoms with van der Waals surface area (Å²) < 4.78 is 47.9. The van der Waals surface area contributed by atoms with Gasteiger partial charge in [-0.05, 0) is 66.1 Å². The van der Waals surface area contributed by atoms with Crippen molar-refractivity contribution in [1.29, 1.82) is 0 Å². The van der Waals surface area contributed by atoms with Crippen LogP contribution < -0.4 is 14.4 Å². The summed E-state index contributed by atoms with van der Waals surface area (Å²) in [5, 5.41) is 2.92. The first-order chi connectivity index (χ1) is 21.2. The van der Waals surface area contributed by atoms with Crippen molar-refractivity contribution in [2.45, 2.75) is 37.2 Å². The van der Waals surface area contributed by atoms with Gasteiger partial charge in [0, 0.05) is 19.5 Å². The molecule has 1 atom stereocenters. The topological polar surface area (TPSA) is 96.0 Å². The lowest BCUT2D eigenvalue weighted by Crippen LogP contribution is -2.53. The number of anilines is 1. The number of carbonyl (C=O) groups is 2. The largest absolute Gasteiger partial charge is 0.497 e. The van der Waals surface area contributed by atoms with Crippen LogP contribution in [-0.4, -0.2) is 51.4 Å². The van der Waals surface area contributed by atoms with Gasteiger partial charge in [0.15, 0.2) is 0 Å².